The lowest BCUT2D eigenvalue weighted by atomic mass is 10.0. The Bertz CT molecular complexity index is 738. The van der Waals surface area contributed by atoms with Crippen molar-refractivity contribution in [1.82, 2.24) is 9.88 Å². The minimum Gasteiger partial charge on any atom is -0.393 e. The molecule has 0 atom stereocenters. The zero-order chi connectivity index (χ0) is 16.6. The third kappa shape index (κ3) is 3.01. The first kappa shape index (κ1) is 15.7. The van der Waals surface area contributed by atoms with Gasteiger partial charge in [0, 0.05) is 24.7 Å². The molecule has 0 radical (unpaired) electrons. The molecule has 0 unspecified atom stereocenters. The van der Waals surface area contributed by atoms with Gasteiger partial charge in [0.05, 0.1) is 22.7 Å². The normalized spacial score (nSPS) is 16.8. The van der Waals surface area contributed by atoms with Gasteiger partial charge in [0.15, 0.2) is 0 Å². The van der Waals surface area contributed by atoms with Gasteiger partial charge in [-0.1, -0.05) is 18.2 Å². The Kier molecular flexibility index (Phi) is 3.97. The van der Waals surface area contributed by atoms with Crippen LogP contribution in [0.15, 0.2) is 30.5 Å². The van der Waals surface area contributed by atoms with Crippen LogP contribution in [0, 0.1) is 0 Å². The predicted molar refractivity (Wildman–Crippen MR) is 77.9 cm³/mol. The van der Waals surface area contributed by atoms with Gasteiger partial charge in [-0.05, 0) is 18.9 Å². The molecule has 2 heterocycles. The molecule has 1 aliphatic rings. The highest BCUT2D eigenvalue weighted by molar-refractivity contribution is 6.00. The monoisotopic (exact) mass is 324 g/mol. The van der Waals surface area contributed by atoms with Crippen LogP contribution in [-0.4, -0.2) is 40.1 Å². The number of aliphatic hydroxyl groups is 1. The summed E-state index contributed by atoms with van der Waals surface area (Å²) in [6.07, 6.45) is -3.42. The van der Waals surface area contributed by atoms with Crippen molar-refractivity contribution in [3.05, 3.63) is 41.6 Å². The highest BCUT2D eigenvalue weighted by Gasteiger charge is 2.39. The number of pyridine rings is 1. The van der Waals surface area contributed by atoms with Gasteiger partial charge >= 0.3 is 6.18 Å². The molecule has 0 spiro atoms. The van der Waals surface area contributed by atoms with Gasteiger partial charge < -0.3 is 10.0 Å². The quantitative estimate of drug-likeness (QED) is 0.877. The van der Waals surface area contributed by atoms with E-state index in [4.69, 9.17) is 0 Å². The highest BCUT2D eigenvalue weighted by Crippen LogP contribution is 2.37. The van der Waals surface area contributed by atoms with Crippen LogP contribution in [0.4, 0.5) is 13.2 Å². The number of halogens is 3. The van der Waals surface area contributed by atoms with E-state index < -0.39 is 29.3 Å². The Balaban J connectivity index is 2.08. The van der Waals surface area contributed by atoms with Crippen molar-refractivity contribution >= 4 is 16.8 Å². The van der Waals surface area contributed by atoms with Gasteiger partial charge in [-0.2, -0.15) is 13.2 Å². The molecule has 0 saturated carbocycles. The SMILES string of the molecule is O=C(c1cnc2ccccc2c1C(F)(F)F)N1CCC(O)CC1. The minimum atomic E-state index is -4.65. The van der Waals surface area contributed by atoms with E-state index in [0.717, 1.165) is 6.20 Å². The van der Waals surface area contributed by atoms with Crippen LogP contribution in [0.5, 0.6) is 0 Å². The summed E-state index contributed by atoms with van der Waals surface area (Å²) in [6, 6.07) is 5.89. The van der Waals surface area contributed by atoms with Gasteiger partial charge in [-0.3, -0.25) is 9.78 Å². The van der Waals surface area contributed by atoms with E-state index in [1.165, 1.54) is 23.1 Å². The summed E-state index contributed by atoms with van der Waals surface area (Å²) in [6.45, 7) is 0.480. The fraction of sp³-hybridized carbons (Fsp3) is 0.375. The van der Waals surface area contributed by atoms with Gasteiger partial charge in [-0.25, -0.2) is 0 Å². The second kappa shape index (κ2) is 5.81. The second-order valence-electron chi connectivity index (χ2n) is 5.59. The van der Waals surface area contributed by atoms with E-state index in [0.29, 0.717) is 12.8 Å². The molecule has 1 N–H and O–H groups in total. The molecule has 1 amide bonds. The van der Waals surface area contributed by atoms with Crippen LogP contribution in [0.25, 0.3) is 10.9 Å². The van der Waals surface area contributed by atoms with Crippen LogP contribution in [0.1, 0.15) is 28.8 Å². The van der Waals surface area contributed by atoms with Crippen LogP contribution >= 0.6 is 0 Å². The van der Waals surface area contributed by atoms with Crippen molar-refractivity contribution in [2.75, 3.05) is 13.1 Å². The number of aromatic nitrogens is 1. The lowest BCUT2D eigenvalue weighted by Crippen LogP contribution is -2.40. The molecular formula is C16H15F3N2O2. The average molecular weight is 324 g/mol. The number of aliphatic hydroxyl groups excluding tert-OH is 1. The zero-order valence-corrected chi connectivity index (χ0v) is 12.2. The number of rotatable bonds is 1. The van der Waals surface area contributed by atoms with Crippen LogP contribution in [0.2, 0.25) is 0 Å². The third-order valence-corrected chi connectivity index (χ3v) is 4.04. The Morgan fingerprint density at radius 1 is 1.22 bits per heavy atom. The molecule has 2 aromatic rings. The summed E-state index contributed by atoms with van der Waals surface area (Å²) in [5.74, 6) is -0.692. The van der Waals surface area contributed by atoms with Gasteiger partial charge in [0.25, 0.3) is 5.91 Å². The van der Waals surface area contributed by atoms with Crippen molar-refractivity contribution in [2.45, 2.75) is 25.1 Å². The third-order valence-electron chi connectivity index (χ3n) is 4.04. The molecule has 1 aromatic heterocycles. The summed E-state index contributed by atoms with van der Waals surface area (Å²) in [4.78, 5) is 17.9. The largest absolute Gasteiger partial charge is 0.417 e. The Morgan fingerprint density at radius 3 is 2.52 bits per heavy atom. The van der Waals surface area contributed by atoms with Crippen molar-refractivity contribution in [3.8, 4) is 0 Å². The summed E-state index contributed by atoms with van der Waals surface area (Å²) < 4.78 is 40.6. The van der Waals surface area contributed by atoms with E-state index in [1.54, 1.807) is 6.07 Å². The maximum absolute atomic E-state index is 13.5. The van der Waals surface area contributed by atoms with Crippen LogP contribution in [0.3, 0.4) is 0 Å². The lowest BCUT2D eigenvalue weighted by Gasteiger charge is -2.30. The second-order valence-corrected chi connectivity index (χ2v) is 5.59. The molecule has 0 aliphatic carbocycles. The molecule has 1 saturated heterocycles. The van der Waals surface area contributed by atoms with E-state index in [9.17, 15) is 23.1 Å². The Morgan fingerprint density at radius 2 is 1.87 bits per heavy atom. The summed E-state index contributed by atoms with van der Waals surface area (Å²) in [5.41, 5.74) is -1.18. The highest BCUT2D eigenvalue weighted by atomic mass is 19.4. The molecule has 4 nitrogen and oxygen atoms in total. The summed E-state index contributed by atoms with van der Waals surface area (Å²) in [7, 11) is 0. The fourth-order valence-electron chi connectivity index (χ4n) is 2.85. The topological polar surface area (TPSA) is 53.4 Å². The molecule has 122 valence electrons. The number of fused-ring (bicyclic) bond motifs is 1. The number of benzene rings is 1. The molecule has 1 fully saturated rings. The smallest absolute Gasteiger partial charge is 0.393 e. The summed E-state index contributed by atoms with van der Waals surface area (Å²) in [5, 5.41) is 9.39. The number of likely N-dealkylation sites (tertiary alicyclic amines) is 1. The Labute approximate surface area is 130 Å². The van der Waals surface area contributed by atoms with Crippen molar-refractivity contribution in [3.63, 3.8) is 0 Å². The number of carbonyl (C=O) groups excluding carboxylic acids is 1. The maximum Gasteiger partial charge on any atom is 0.417 e. The predicted octanol–water partition coefficient (Wildman–Crippen LogP) is 2.85. The van der Waals surface area contributed by atoms with Crippen molar-refractivity contribution in [2.24, 2.45) is 0 Å². The van der Waals surface area contributed by atoms with E-state index in [1.807, 2.05) is 0 Å². The maximum atomic E-state index is 13.5. The number of hydrogen-bond donors (Lipinski definition) is 1. The number of para-hydroxylation sites is 1. The average Bonchev–Trinajstić information content (AvgIpc) is 2.53. The molecule has 0 bridgehead atoms. The standard InChI is InChI=1S/C16H15F3N2O2/c17-16(18,19)14-11-3-1-2-4-13(11)20-9-12(14)15(23)21-7-5-10(22)6-8-21/h1-4,9-10,22H,5-8H2. The minimum absolute atomic E-state index is 0.0807. The number of nitrogens with zero attached hydrogens (tertiary/aromatic N) is 2. The molecule has 7 heteroatoms. The molecule has 1 aliphatic heterocycles. The number of alkyl halides is 3. The van der Waals surface area contributed by atoms with Crippen LogP contribution in [-0.2, 0) is 6.18 Å². The van der Waals surface area contributed by atoms with Gasteiger partial charge in [-0.15, -0.1) is 0 Å². The fourth-order valence-corrected chi connectivity index (χ4v) is 2.85. The van der Waals surface area contributed by atoms with Gasteiger partial charge in [0.1, 0.15) is 0 Å². The first-order valence-electron chi connectivity index (χ1n) is 7.30. The lowest BCUT2D eigenvalue weighted by molar-refractivity contribution is -0.136. The van der Waals surface area contributed by atoms with E-state index in [2.05, 4.69) is 4.98 Å². The number of carbonyl (C=O) groups is 1. The first-order valence-corrected chi connectivity index (χ1v) is 7.30. The van der Waals surface area contributed by atoms with E-state index in [-0.39, 0.29) is 24.0 Å². The van der Waals surface area contributed by atoms with Crippen molar-refractivity contribution < 1.29 is 23.1 Å². The molecule has 1 aromatic carbocycles. The number of piperidine rings is 1. The Hall–Kier alpha value is -2.15. The number of hydrogen-bond acceptors (Lipinski definition) is 3. The first-order chi connectivity index (χ1) is 10.9. The molecule has 23 heavy (non-hydrogen) atoms. The molecular weight excluding hydrogens is 309 g/mol. The molecule has 3 rings (SSSR count). The number of amides is 1. The van der Waals surface area contributed by atoms with Crippen LogP contribution < -0.4 is 0 Å². The van der Waals surface area contributed by atoms with Gasteiger partial charge in [0.2, 0.25) is 0 Å². The summed E-state index contributed by atoms with van der Waals surface area (Å²) >= 11 is 0. The van der Waals surface area contributed by atoms with Crippen molar-refractivity contribution in [1.29, 1.82) is 0 Å². The zero-order valence-electron chi connectivity index (χ0n) is 12.2. The van der Waals surface area contributed by atoms with E-state index >= 15 is 0 Å².